The summed E-state index contributed by atoms with van der Waals surface area (Å²) in [5, 5.41) is 2.05. The Morgan fingerprint density at radius 3 is 2.66 bits per heavy atom. The summed E-state index contributed by atoms with van der Waals surface area (Å²) < 4.78 is 25.9. The number of hydrogen-bond donors (Lipinski definition) is 2. The van der Waals surface area contributed by atoms with Gasteiger partial charge in [-0.15, -0.1) is 0 Å². The summed E-state index contributed by atoms with van der Waals surface area (Å²) in [6.45, 7) is 2.42. The van der Waals surface area contributed by atoms with Crippen molar-refractivity contribution in [2.75, 3.05) is 18.8 Å². The molecule has 0 radical (unpaired) electrons. The van der Waals surface area contributed by atoms with Crippen LogP contribution < -0.4 is 10.9 Å². The Morgan fingerprint density at radius 1 is 1.10 bits per heavy atom. The molecule has 2 N–H and O–H groups in total. The Kier molecular flexibility index (Phi) is 6.87. The largest absolute Gasteiger partial charge is 0.273 e. The fourth-order valence-electron chi connectivity index (χ4n) is 3.69. The Bertz CT molecular complexity index is 985. The lowest BCUT2D eigenvalue weighted by Gasteiger charge is -2.31. The van der Waals surface area contributed by atoms with Gasteiger partial charge in [0.15, 0.2) is 0 Å². The number of nitrogens with zero attached hydrogens (tertiary/aromatic N) is 1. The molecular formula is C21H27N3O4S. The van der Waals surface area contributed by atoms with E-state index in [-0.39, 0.29) is 30.5 Å². The van der Waals surface area contributed by atoms with Crippen LogP contribution in [-0.4, -0.2) is 43.4 Å². The topological polar surface area (TPSA) is 95.6 Å². The summed E-state index contributed by atoms with van der Waals surface area (Å²) in [5.41, 5.74) is 5.81. The number of hydrogen-bond acceptors (Lipinski definition) is 4. The van der Waals surface area contributed by atoms with Crippen molar-refractivity contribution in [3.8, 4) is 0 Å². The molecule has 0 saturated carbocycles. The van der Waals surface area contributed by atoms with Crippen molar-refractivity contribution in [3.05, 3.63) is 48.0 Å². The van der Waals surface area contributed by atoms with E-state index in [1.807, 2.05) is 49.4 Å². The maximum atomic E-state index is 12.5. The van der Waals surface area contributed by atoms with E-state index in [9.17, 15) is 18.0 Å². The highest BCUT2D eigenvalue weighted by Crippen LogP contribution is 2.20. The fraction of sp³-hybridized carbons (Fsp3) is 0.429. The Hall–Kier alpha value is -2.45. The third kappa shape index (κ3) is 5.33. The summed E-state index contributed by atoms with van der Waals surface area (Å²) in [6.07, 6.45) is 1.91. The van der Waals surface area contributed by atoms with Gasteiger partial charge in [0.25, 0.3) is 0 Å². The quantitative estimate of drug-likeness (QED) is 0.703. The zero-order chi connectivity index (χ0) is 20.9. The first-order valence-corrected chi connectivity index (χ1v) is 11.5. The minimum atomic E-state index is -3.33. The molecule has 2 aromatic rings. The van der Waals surface area contributed by atoms with Crippen LogP contribution >= 0.6 is 0 Å². The standard InChI is InChI=1S/C21H27N3O4S/c1-2-13-29(27,28)24-12-6-10-18(15-24)21(26)23-22-20(25)14-17-9-5-8-16-7-3-4-11-19(16)17/h3-5,7-9,11,18H,2,6,10,12-15H2,1H3,(H,22,25)(H,23,26). The lowest BCUT2D eigenvalue weighted by Crippen LogP contribution is -2.50. The van der Waals surface area contributed by atoms with E-state index in [0.717, 1.165) is 16.3 Å². The number of nitrogens with one attached hydrogen (secondary N) is 2. The number of benzene rings is 2. The number of carbonyl (C=O) groups is 2. The van der Waals surface area contributed by atoms with E-state index in [2.05, 4.69) is 10.9 Å². The van der Waals surface area contributed by atoms with Crippen LogP contribution in [-0.2, 0) is 26.0 Å². The molecule has 1 saturated heterocycles. The van der Waals surface area contributed by atoms with E-state index in [1.165, 1.54) is 4.31 Å². The average molecular weight is 418 g/mol. The molecule has 1 aliphatic heterocycles. The number of sulfonamides is 1. The van der Waals surface area contributed by atoms with E-state index < -0.39 is 15.9 Å². The van der Waals surface area contributed by atoms with Crippen LogP contribution in [0.15, 0.2) is 42.5 Å². The highest BCUT2D eigenvalue weighted by atomic mass is 32.2. The van der Waals surface area contributed by atoms with E-state index >= 15 is 0 Å². The monoisotopic (exact) mass is 417 g/mol. The Morgan fingerprint density at radius 2 is 1.86 bits per heavy atom. The van der Waals surface area contributed by atoms with Gasteiger partial charge in [-0.05, 0) is 35.6 Å². The number of rotatable bonds is 6. The van der Waals surface area contributed by atoms with Gasteiger partial charge in [-0.3, -0.25) is 20.4 Å². The molecule has 1 fully saturated rings. The average Bonchev–Trinajstić information content (AvgIpc) is 2.72. The summed E-state index contributed by atoms with van der Waals surface area (Å²) in [7, 11) is -3.33. The van der Waals surface area contributed by atoms with Gasteiger partial charge in [0.2, 0.25) is 21.8 Å². The molecule has 0 bridgehead atoms. The van der Waals surface area contributed by atoms with Crippen LogP contribution in [0, 0.1) is 5.92 Å². The zero-order valence-corrected chi connectivity index (χ0v) is 17.4. The second-order valence-corrected chi connectivity index (χ2v) is 9.45. The number of carbonyl (C=O) groups excluding carboxylic acids is 2. The van der Waals surface area contributed by atoms with Gasteiger partial charge in [0, 0.05) is 13.1 Å². The zero-order valence-electron chi connectivity index (χ0n) is 16.6. The molecular weight excluding hydrogens is 390 g/mol. The summed E-state index contributed by atoms with van der Waals surface area (Å²) in [4.78, 5) is 24.8. The van der Waals surface area contributed by atoms with Crippen LogP contribution in [0.2, 0.25) is 0 Å². The van der Waals surface area contributed by atoms with Gasteiger partial charge in [-0.1, -0.05) is 49.4 Å². The lowest BCUT2D eigenvalue weighted by molar-refractivity contribution is -0.131. The van der Waals surface area contributed by atoms with Crippen LogP contribution in [0.1, 0.15) is 31.7 Å². The minimum Gasteiger partial charge on any atom is -0.273 e. The maximum absolute atomic E-state index is 12.5. The molecule has 29 heavy (non-hydrogen) atoms. The SMILES string of the molecule is CCCS(=O)(=O)N1CCCC(C(=O)NNC(=O)Cc2cccc3ccccc23)C1. The molecule has 0 aliphatic carbocycles. The van der Waals surface area contributed by atoms with Crippen molar-refractivity contribution < 1.29 is 18.0 Å². The van der Waals surface area contributed by atoms with E-state index in [0.29, 0.717) is 25.8 Å². The first-order valence-electron chi connectivity index (χ1n) is 9.94. The van der Waals surface area contributed by atoms with Crippen LogP contribution in [0.3, 0.4) is 0 Å². The van der Waals surface area contributed by atoms with E-state index in [4.69, 9.17) is 0 Å². The molecule has 156 valence electrons. The highest BCUT2D eigenvalue weighted by molar-refractivity contribution is 7.89. The first kappa shape index (κ1) is 21.3. The molecule has 8 heteroatoms. The van der Waals surface area contributed by atoms with Gasteiger partial charge in [0.1, 0.15) is 0 Å². The Labute approximate surface area is 171 Å². The molecule has 2 amide bonds. The number of hydrazine groups is 1. The molecule has 1 atom stereocenters. The van der Waals surface area contributed by atoms with Crippen molar-refractivity contribution in [2.24, 2.45) is 5.92 Å². The molecule has 1 aliphatic rings. The lowest BCUT2D eigenvalue weighted by atomic mass is 9.99. The predicted octanol–water partition coefficient (Wildman–Crippen LogP) is 1.98. The van der Waals surface area contributed by atoms with Gasteiger partial charge in [0.05, 0.1) is 18.1 Å². The van der Waals surface area contributed by atoms with Crippen molar-refractivity contribution in [1.29, 1.82) is 0 Å². The van der Waals surface area contributed by atoms with E-state index in [1.54, 1.807) is 0 Å². The van der Waals surface area contributed by atoms with Crippen LogP contribution in [0.5, 0.6) is 0 Å². The molecule has 1 unspecified atom stereocenters. The van der Waals surface area contributed by atoms with Gasteiger partial charge in [-0.25, -0.2) is 12.7 Å². The molecule has 1 heterocycles. The summed E-state index contributed by atoms with van der Waals surface area (Å²) in [6, 6.07) is 13.6. The molecule has 7 nitrogen and oxygen atoms in total. The highest BCUT2D eigenvalue weighted by Gasteiger charge is 2.31. The van der Waals surface area contributed by atoms with Crippen molar-refractivity contribution in [2.45, 2.75) is 32.6 Å². The second kappa shape index (κ2) is 9.37. The van der Waals surface area contributed by atoms with Crippen molar-refractivity contribution >= 4 is 32.6 Å². The molecule has 2 aromatic carbocycles. The Balaban J connectivity index is 1.55. The molecule has 0 spiro atoms. The van der Waals surface area contributed by atoms with Gasteiger partial charge < -0.3 is 0 Å². The third-order valence-electron chi connectivity index (χ3n) is 5.17. The third-order valence-corrected chi connectivity index (χ3v) is 7.21. The summed E-state index contributed by atoms with van der Waals surface area (Å²) in [5.74, 6) is -1.05. The second-order valence-electron chi connectivity index (χ2n) is 7.37. The number of piperidine rings is 1. The number of fused-ring (bicyclic) bond motifs is 1. The molecule has 0 aromatic heterocycles. The minimum absolute atomic E-state index is 0.0864. The van der Waals surface area contributed by atoms with Gasteiger partial charge >= 0.3 is 0 Å². The van der Waals surface area contributed by atoms with Crippen molar-refractivity contribution in [3.63, 3.8) is 0 Å². The summed E-state index contributed by atoms with van der Waals surface area (Å²) >= 11 is 0. The normalized spacial score (nSPS) is 17.8. The van der Waals surface area contributed by atoms with Crippen LogP contribution in [0.4, 0.5) is 0 Å². The first-order chi connectivity index (χ1) is 13.9. The fourth-order valence-corrected chi connectivity index (χ4v) is 5.28. The van der Waals surface area contributed by atoms with Gasteiger partial charge in [-0.2, -0.15) is 0 Å². The maximum Gasteiger partial charge on any atom is 0.242 e. The smallest absolute Gasteiger partial charge is 0.242 e. The predicted molar refractivity (Wildman–Crippen MR) is 112 cm³/mol. The van der Waals surface area contributed by atoms with Crippen molar-refractivity contribution in [1.82, 2.24) is 15.2 Å². The van der Waals surface area contributed by atoms with Crippen LogP contribution in [0.25, 0.3) is 10.8 Å². The number of amides is 2. The molecule has 3 rings (SSSR count).